The molecule has 1 aliphatic carbocycles. The van der Waals surface area contributed by atoms with Crippen LogP contribution < -0.4 is 16.4 Å². The maximum absolute atomic E-state index is 13.8. The molecule has 0 bridgehead atoms. The van der Waals surface area contributed by atoms with Crippen molar-refractivity contribution >= 4 is 23.5 Å². The number of nitrogens with one attached hydrogen (secondary N) is 2. The van der Waals surface area contributed by atoms with Gasteiger partial charge in [0, 0.05) is 49.6 Å². The Hall–Kier alpha value is -2.85. The zero-order valence-electron chi connectivity index (χ0n) is 36.6. The van der Waals surface area contributed by atoms with Crippen molar-refractivity contribution in [3.63, 3.8) is 0 Å². The Bertz CT molecular complexity index is 1120. The van der Waals surface area contributed by atoms with E-state index >= 15 is 0 Å². The molecular formula is C43H82F3N7O. The van der Waals surface area contributed by atoms with Gasteiger partial charge in [-0.15, -0.1) is 0 Å². The maximum Gasteiger partial charge on any atom is 0.421 e. The Labute approximate surface area is 329 Å². The summed E-state index contributed by atoms with van der Waals surface area (Å²) in [6, 6.07) is 0.478. The number of carbonyl (C=O) groups is 1. The maximum atomic E-state index is 13.8. The molecule has 1 aromatic rings. The minimum atomic E-state index is -4.63. The van der Waals surface area contributed by atoms with E-state index in [1.807, 2.05) is 45.7 Å². The van der Waals surface area contributed by atoms with Crippen LogP contribution in [0.1, 0.15) is 191 Å². The van der Waals surface area contributed by atoms with Gasteiger partial charge in [-0.1, -0.05) is 134 Å². The van der Waals surface area contributed by atoms with Crippen LogP contribution in [0.2, 0.25) is 0 Å². The minimum Gasteiger partial charge on any atom is -0.388 e. The minimum absolute atomic E-state index is 0.0664. The van der Waals surface area contributed by atoms with Crippen LogP contribution in [0.15, 0.2) is 23.0 Å². The Morgan fingerprint density at radius 3 is 1.87 bits per heavy atom. The monoisotopic (exact) mass is 770 g/mol. The second-order valence-corrected chi connectivity index (χ2v) is 13.9. The molecule has 0 radical (unpaired) electrons. The molecule has 316 valence electrons. The van der Waals surface area contributed by atoms with E-state index in [9.17, 15) is 18.0 Å². The summed E-state index contributed by atoms with van der Waals surface area (Å²) in [7, 11) is 0. The number of nitrogens with two attached hydrogens (primary N) is 1. The average Bonchev–Trinajstić information content (AvgIpc) is 3.99. The first-order chi connectivity index (χ1) is 25.9. The second kappa shape index (κ2) is 32.4. The van der Waals surface area contributed by atoms with Gasteiger partial charge in [-0.3, -0.25) is 4.79 Å². The predicted molar refractivity (Wildman–Crippen MR) is 226 cm³/mol. The van der Waals surface area contributed by atoms with Gasteiger partial charge in [0.1, 0.15) is 17.2 Å². The number of hydrogen-bond acceptors (Lipinski definition) is 6. The van der Waals surface area contributed by atoms with Crippen LogP contribution >= 0.6 is 0 Å². The third kappa shape index (κ3) is 22.5. The standard InChI is InChI=1S/C31H52F3N7O.C8H18.2C2H6/c1-6-12-23(13-7-2)37-20-25(22-16-17-22)28(35)39-30-38-21-26(31(32,33)34)29(40-30)36-18-11-19-41(27(42)10-5)24(14-8-3)15-9-4;1-4-6-8(3)7-5-2;2*1-2/h20-24,37H,6-19H2,1-5H3,(H3,35,36,38,39,40);8H,4-7H2,1-3H3;2*1-2H3/b25-20-;;;. The van der Waals surface area contributed by atoms with Gasteiger partial charge in [0.2, 0.25) is 5.91 Å². The van der Waals surface area contributed by atoms with Crippen molar-refractivity contribution in [1.82, 2.24) is 20.2 Å². The fourth-order valence-electron chi connectivity index (χ4n) is 6.37. The van der Waals surface area contributed by atoms with Crippen molar-refractivity contribution in [1.29, 1.82) is 0 Å². The van der Waals surface area contributed by atoms with E-state index < -0.39 is 11.7 Å². The first-order valence-corrected chi connectivity index (χ1v) is 21.7. The van der Waals surface area contributed by atoms with Crippen molar-refractivity contribution < 1.29 is 18.0 Å². The lowest BCUT2D eigenvalue weighted by Crippen LogP contribution is -2.41. The fraction of sp³-hybridized carbons (Fsp3) is 0.814. The molecule has 54 heavy (non-hydrogen) atoms. The third-order valence-corrected chi connectivity index (χ3v) is 9.10. The first-order valence-electron chi connectivity index (χ1n) is 21.7. The lowest BCUT2D eigenvalue weighted by Gasteiger charge is -2.32. The molecule has 0 aromatic carbocycles. The van der Waals surface area contributed by atoms with Gasteiger partial charge in [-0.25, -0.2) is 4.98 Å². The highest BCUT2D eigenvalue weighted by Crippen LogP contribution is 2.37. The number of amidine groups is 1. The highest BCUT2D eigenvalue weighted by Gasteiger charge is 2.35. The summed E-state index contributed by atoms with van der Waals surface area (Å²) >= 11 is 0. The largest absolute Gasteiger partial charge is 0.421 e. The van der Waals surface area contributed by atoms with E-state index in [-0.39, 0.29) is 42.0 Å². The van der Waals surface area contributed by atoms with E-state index in [0.29, 0.717) is 25.4 Å². The first kappa shape index (κ1) is 53.3. The molecule has 1 aromatic heterocycles. The number of aromatic nitrogens is 2. The number of anilines is 1. The van der Waals surface area contributed by atoms with Crippen LogP contribution in [0.5, 0.6) is 0 Å². The molecule has 0 aliphatic heterocycles. The summed E-state index contributed by atoms with van der Waals surface area (Å²) in [6.45, 7) is 25.8. The van der Waals surface area contributed by atoms with E-state index in [4.69, 9.17) is 5.73 Å². The lowest BCUT2D eigenvalue weighted by molar-refractivity contribution is -0.137. The van der Waals surface area contributed by atoms with Crippen LogP contribution in [0.3, 0.4) is 0 Å². The molecule has 0 unspecified atom stereocenters. The Balaban J connectivity index is 0. The molecule has 1 aliphatic rings. The summed E-state index contributed by atoms with van der Waals surface area (Å²) in [5.74, 6) is 1.06. The summed E-state index contributed by atoms with van der Waals surface area (Å²) in [4.78, 5) is 26.9. The number of aliphatic imine (C=N–C) groups is 1. The van der Waals surface area contributed by atoms with Gasteiger partial charge < -0.3 is 21.3 Å². The molecule has 1 fully saturated rings. The molecule has 1 amide bonds. The number of amides is 1. The number of hydrogen-bond donors (Lipinski definition) is 3. The molecular weight excluding hydrogens is 688 g/mol. The molecule has 11 heteroatoms. The molecule has 1 saturated carbocycles. The molecule has 4 N–H and O–H groups in total. The van der Waals surface area contributed by atoms with E-state index in [1.54, 1.807) is 0 Å². The smallest absolute Gasteiger partial charge is 0.388 e. The summed E-state index contributed by atoms with van der Waals surface area (Å²) in [5.41, 5.74) is 6.24. The van der Waals surface area contributed by atoms with Crippen molar-refractivity contribution in [2.24, 2.45) is 22.6 Å². The normalized spacial score (nSPS) is 13.1. The van der Waals surface area contributed by atoms with E-state index in [1.165, 1.54) is 25.7 Å². The Morgan fingerprint density at radius 1 is 0.907 bits per heavy atom. The summed E-state index contributed by atoms with van der Waals surface area (Å²) < 4.78 is 41.4. The molecule has 0 atom stereocenters. The highest BCUT2D eigenvalue weighted by atomic mass is 19.4. The van der Waals surface area contributed by atoms with E-state index in [0.717, 1.165) is 81.9 Å². The molecule has 2 rings (SSSR count). The zero-order valence-corrected chi connectivity index (χ0v) is 36.6. The van der Waals surface area contributed by atoms with Crippen LogP contribution in [0, 0.1) is 11.8 Å². The van der Waals surface area contributed by atoms with Crippen molar-refractivity contribution in [3.05, 3.63) is 23.5 Å². The Morgan fingerprint density at radius 2 is 1.43 bits per heavy atom. The van der Waals surface area contributed by atoms with Gasteiger partial charge in [-0.2, -0.15) is 23.1 Å². The van der Waals surface area contributed by atoms with Gasteiger partial charge in [0.15, 0.2) is 0 Å². The molecule has 0 saturated heterocycles. The lowest BCUT2D eigenvalue weighted by atomic mass is 10.0. The topological polar surface area (TPSA) is 109 Å². The van der Waals surface area contributed by atoms with Crippen LogP contribution in [-0.2, 0) is 11.0 Å². The average molecular weight is 770 g/mol. The summed E-state index contributed by atoms with van der Waals surface area (Å²) in [6.07, 6.45) is 14.4. The SMILES string of the molecule is CC.CC.CCCC(C)CCC.CCCC(CCC)N/C=C(\C(N)=N\c1ncc(C(F)(F)F)c(NCCCN(C(=O)CC)C(CCC)CCC)n1)C1CC1. The quantitative estimate of drug-likeness (QED) is 0.0549. The van der Waals surface area contributed by atoms with Gasteiger partial charge in [-0.05, 0) is 56.8 Å². The number of carbonyl (C=O) groups excluding carboxylic acids is 1. The fourth-order valence-corrected chi connectivity index (χ4v) is 6.37. The number of halogens is 3. The van der Waals surface area contributed by atoms with Crippen molar-refractivity contribution in [2.75, 3.05) is 18.4 Å². The highest BCUT2D eigenvalue weighted by molar-refractivity contribution is 5.99. The number of rotatable bonds is 24. The third-order valence-electron chi connectivity index (χ3n) is 9.10. The van der Waals surface area contributed by atoms with E-state index in [2.05, 4.69) is 74.1 Å². The van der Waals surface area contributed by atoms with Gasteiger partial charge >= 0.3 is 6.18 Å². The van der Waals surface area contributed by atoms with Gasteiger partial charge in [0.25, 0.3) is 5.95 Å². The summed E-state index contributed by atoms with van der Waals surface area (Å²) in [5, 5.41) is 6.31. The van der Waals surface area contributed by atoms with Crippen LogP contribution in [-0.4, -0.2) is 51.8 Å². The van der Waals surface area contributed by atoms with Gasteiger partial charge in [0.05, 0.1) is 0 Å². The number of nitrogens with zero attached hydrogens (tertiary/aromatic N) is 4. The number of alkyl halides is 3. The Kier molecular flexibility index (Phi) is 32.0. The van der Waals surface area contributed by atoms with Crippen LogP contribution in [0.25, 0.3) is 0 Å². The molecule has 8 nitrogen and oxygen atoms in total. The van der Waals surface area contributed by atoms with Crippen LogP contribution in [0.4, 0.5) is 24.9 Å². The second-order valence-electron chi connectivity index (χ2n) is 13.9. The van der Waals surface area contributed by atoms with Crippen molar-refractivity contribution in [2.45, 2.75) is 204 Å². The predicted octanol–water partition coefficient (Wildman–Crippen LogP) is 12.6. The molecule has 1 heterocycles. The molecule has 0 spiro atoms. The zero-order chi connectivity index (χ0) is 41.5. The van der Waals surface area contributed by atoms with Crippen molar-refractivity contribution in [3.8, 4) is 0 Å².